The summed E-state index contributed by atoms with van der Waals surface area (Å²) >= 11 is 7.31. The summed E-state index contributed by atoms with van der Waals surface area (Å²) in [6.45, 7) is 5.90. The molecule has 2 rings (SSSR count). The molecular formula is C24H29ClF2N2O2S. The number of nitrogens with one attached hydrogen (secondary N) is 1. The maximum Gasteiger partial charge on any atom is 0.243 e. The minimum Gasteiger partial charge on any atom is -0.352 e. The number of amides is 2. The van der Waals surface area contributed by atoms with Crippen LogP contribution in [0.2, 0.25) is 5.02 Å². The number of nitrogens with zero attached hydrogens (tertiary/aromatic N) is 1. The zero-order valence-corrected chi connectivity index (χ0v) is 20.1. The Kier molecular flexibility index (Phi) is 10.5. The lowest BCUT2D eigenvalue weighted by Crippen LogP contribution is -2.51. The molecule has 1 N–H and O–H groups in total. The third kappa shape index (κ3) is 7.48. The van der Waals surface area contributed by atoms with Crippen LogP contribution in [0.3, 0.4) is 0 Å². The first-order valence-corrected chi connectivity index (χ1v) is 12.1. The van der Waals surface area contributed by atoms with Crippen LogP contribution in [0.25, 0.3) is 0 Å². The molecule has 0 aliphatic rings. The Hall–Kier alpha value is -2.12. The first-order chi connectivity index (χ1) is 15.3. The molecule has 174 valence electrons. The second-order valence-corrected chi connectivity index (χ2v) is 8.98. The Morgan fingerprint density at radius 2 is 1.78 bits per heavy atom. The van der Waals surface area contributed by atoms with Crippen molar-refractivity contribution in [3.8, 4) is 0 Å². The van der Waals surface area contributed by atoms with Gasteiger partial charge >= 0.3 is 0 Å². The van der Waals surface area contributed by atoms with E-state index in [0.717, 1.165) is 12.0 Å². The van der Waals surface area contributed by atoms with E-state index >= 15 is 0 Å². The van der Waals surface area contributed by atoms with Gasteiger partial charge in [-0.05, 0) is 49.6 Å². The monoisotopic (exact) mass is 482 g/mol. The highest BCUT2D eigenvalue weighted by atomic mass is 35.5. The van der Waals surface area contributed by atoms with E-state index in [9.17, 15) is 18.4 Å². The van der Waals surface area contributed by atoms with E-state index in [2.05, 4.69) is 5.32 Å². The van der Waals surface area contributed by atoms with Crippen LogP contribution in [0.4, 0.5) is 8.78 Å². The first-order valence-electron chi connectivity index (χ1n) is 10.6. The highest BCUT2D eigenvalue weighted by molar-refractivity contribution is 7.99. The van der Waals surface area contributed by atoms with Gasteiger partial charge in [0, 0.05) is 28.9 Å². The third-order valence-corrected chi connectivity index (χ3v) is 6.48. The lowest BCUT2D eigenvalue weighted by atomic mass is 10.1. The van der Waals surface area contributed by atoms with Crippen molar-refractivity contribution < 1.29 is 18.4 Å². The Balaban J connectivity index is 2.16. The van der Waals surface area contributed by atoms with Crippen molar-refractivity contribution in [1.29, 1.82) is 0 Å². The highest BCUT2D eigenvalue weighted by Gasteiger charge is 2.29. The molecule has 0 unspecified atom stereocenters. The van der Waals surface area contributed by atoms with Crippen molar-refractivity contribution >= 4 is 35.2 Å². The van der Waals surface area contributed by atoms with E-state index < -0.39 is 11.9 Å². The quantitative estimate of drug-likeness (QED) is 0.455. The number of hydrogen-bond donors (Lipinski definition) is 1. The molecule has 0 radical (unpaired) electrons. The molecule has 4 nitrogen and oxygen atoms in total. The van der Waals surface area contributed by atoms with Crippen LogP contribution < -0.4 is 5.32 Å². The number of rotatable bonds is 11. The Morgan fingerprint density at radius 1 is 1.09 bits per heavy atom. The van der Waals surface area contributed by atoms with Crippen LogP contribution in [0, 0.1) is 11.6 Å². The van der Waals surface area contributed by atoms with E-state index in [1.807, 2.05) is 20.8 Å². The predicted molar refractivity (Wildman–Crippen MR) is 126 cm³/mol. The molecule has 2 atom stereocenters. The summed E-state index contributed by atoms with van der Waals surface area (Å²) in [4.78, 5) is 27.6. The zero-order valence-electron chi connectivity index (χ0n) is 18.5. The van der Waals surface area contributed by atoms with Crippen molar-refractivity contribution in [3.63, 3.8) is 0 Å². The van der Waals surface area contributed by atoms with Crippen molar-refractivity contribution in [2.45, 2.75) is 58.0 Å². The van der Waals surface area contributed by atoms with Gasteiger partial charge in [-0.2, -0.15) is 0 Å². The topological polar surface area (TPSA) is 49.4 Å². The largest absolute Gasteiger partial charge is 0.352 e. The minimum absolute atomic E-state index is 0.0168. The fourth-order valence-electron chi connectivity index (χ4n) is 3.14. The third-order valence-electron chi connectivity index (χ3n) is 5.19. The standard InChI is InChI=1S/C24H29ClF2N2O2S/c1-4-16(3)28-24(31)22(5-2)29(13-17-9-11-18(26)12-10-17)23(30)15-32-14-19-20(25)7-6-8-21(19)27/h6-12,16,22H,4-5,13-15H2,1-3H3,(H,28,31)/t16-,22-/m0/s1. The second kappa shape index (κ2) is 12.8. The van der Waals surface area contributed by atoms with Gasteiger partial charge in [-0.25, -0.2) is 8.78 Å². The van der Waals surface area contributed by atoms with Crippen molar-refractivity contribution in [2.75, 3.05) is 5.75 Å². The average Bonchev–Trinajstić information content (AvgIpc) is 2.76. The summed E-state index contributed by atoms with van der Waals surface area (Å²) in [6, 6.07) is 9.63. The van der Waals surface area contributed by atoms with Crippen molar-refractivity contribution in [2.24, 2.45) is 0 Å². The molecule has 0 spiro atoms. The molecule has 0 heterocycles. The fraction of sp³-hybridized carbons (Fsp3) is 0.417. The average molecular weight is 483 g/mol. The van der Waals surface area contributed by atoms with Crippen LogP contribution in [0.1, 0.15) is 44.7 Å². The molecule has 8 heteroatoms. The maximum atomic E-state index is 14.0. The van der Waals surface area contributed by atoms with E-state index in [1.165, 1.54) is 40.9 Å². The van der Waals surface area contributed by atoms with Gasteiger partial charge in [0.15, 0.2) is 0 Å². The van der Waals surface area contributed by atoms with Crippen LogP contribution in [-0.4, -0.2) is 34.6 Å². The smallest absolute Gasteiger partial charge is 0.243 e. The Morgan fingerprint density at radius 3 is 2.38 bits per heavy atom. The molecule has 0 aliphatic heterocycles. The van der Waals surface area contributed by atoms with Gasteiger partial charge in [-0.3, -0.25) is 9.59 Å². The summed E-state index contributed by atoms with van der Waals surface area (Å²) < 4.78 is 27.3. The Labute approximate surface area is 197 Å². The summed E-state index contributed by atoms with van der Waals surface area (Å²) in [7, 11) is 0. The van der Waals surface area contributed by atoms with Gasteiger partial charge in [0.1, 0.15) is 17.7 Å². The van der Waals surface area contributed by atoms with Crippen molar-refractivity contribution in [1.82, 2.24) is 10.2 Å². The summed E-state index contributed by atoms with van der Waals surface area (Å²) in [5.74, 6) is -0.973. The van der Waals surface area contributed by atoms with E-state index in [0.29, 0.717) is 17.0 Å². The van der Waals surface area contributed by atoms with Gasteiger partial charge < -0.3 is 10.2 Å². The van der Waals surface area contributed by atoms with Gasteiger partial charge in [0.25, 0.3) is 0 Å². The molecule has 2 aromatic rings. The Bertz CT molecular complexity index is 891. The molecule has 0 bridgehead atoms. The number of thioether (sulfide) groups is 1. The summed E-state index contributed by atoms with van der Waals surface area (Å²) in [5, 5.41) is 3.25. The van der Waals surface area contributed by atoms with E-state index in [4.69, 9.17) is 11.6 Å². The SMILES string of the molecule is CC[C@H](C)NC(=O)[C@H](CC)N(Cc1ccc(F)cc1)C(=O)CSCc1c(F)cccc1Cl. The molecule has 32 heavy (non-hydrogen) atoms. The number of benzene rings is 2. The molecule has 2 aromatic carbocycles. The van der Waals surface area contributed by atoms with Crippen LogP contribution in [0.5, 0.6) is 0 Å². The maximum absolute atomic E-state index is 14.0. The zero-order chi connectivity index (χ0) is 23.7. The first kappa shape index (κ1) is 26.1. The second-order valence-electron chi connectivity index (χ2n) is 7.58. The predicted octanol–water partition coefficient (Wildman–Crippen LogP) is 5.57. The fourth-order valence-corrected chi connectivity index (χ4v) is 4.39. The highest BCUT2D eigenvalue weighted by Crippen LogP contribution is 2.24. The molecule has 2 amide bonds. The number of halogens is 3. The van der Waals surface area contributed by atoms with Gasteiger partial charge in [-0.1, -0.05) is 43.6 Å². The number of hydrogen-bond acceptors (Lipinski definition) is 3. The van der Waals surface area contributed by atoms with Gasteiger partial charge in [-0.15, -0.1) is 11.8 Å². The minimum atomic E-state index is -0.667. The van der Waals surface area contributed by atoms with E-state index in [-0.39, 0.29) is 41.7 Å². The molecular weight excluding hydrogens is 454 g/mol. The summed E-state index contributed by atoms with van der Waals surface area (Å²) in [6.07, 6.45) is 1.20. The van der Waals surface area contributed by atoms with Gasteiger partial charge in [0.05, 0.1) is 5.75 Å². The molecule has 0 fully saturated rings. The van der Waals surface area contributed by atoms with Gasteiger partial charge in [0.2, 0.25) is 11.8 Å². The van der Waals surface area contributed by atoms with Crippen LogP contribution >= 0.6 is 23.4 Å². The van der Waals surface area contributed by atoms with E-state index in [1.54, 1.807) is 18.2 Å². The number of carbonyl (C=O) groups is 2. The molecule has 0 aliphatic carbocycles. The lowest BCUT2D eigenvalue weighted by Gasteiger charge is -2.31. The molecule has 0 saturated heterocycles. The lowest BCUT2D eigenvalue weighted by molar-refractivity contribution is -0.139. The molecule has 0 aromatic heterocycles. The normalized spacial score (nSPS) is 12.8. The molecule has 0 saturated carbocycles. The van der Waals surface area contributed by atoms with Crippen LogP contribution in [0.15, 0.2) is 42.5 Å². The number of carbonyl (C=O) groups excluding carboxylic acids is 2. The van der Waals surface area contributed by atoms with Crippen molar-refractivity contribution in [3.05, 3.63) is 70.2 Å². The summed E-state index contributed by atoms with van der Waals surface area (Å²) in [5.41, 5.74) is 1.07. The van der Waals surface area contributed by atoms with Crippen LogP contribution in [-0.2, 0) is 21.9 Å².